The number of piperazine rings is 1. The fourth-order valence-corrected chi connectivity index (χ4v) is 5.32. The van der Waals surface area contributed by atoms with E-state index in [1.165, 1.54) is 4.31 Å². The number of nitrogens with one attached hydrogen (secondary N) is 1. The van der Waals surface area contributed by atoms with Crippen molar-refractivity contribution in [1.29, 1.82) is 0 Å². The number of hydrogen-bond donors (Lipinski definition) is 1. The predicted octanol–water partition coefficient (Wildman–Crippen LogP) is 2.48. The number of nitrogens with zero attached hydrogens (tertiary/aromatic N) is 1. The first kappa shape index (κ1) is 19.4. The fraction of sp³-hybridized carbons (Fsp3) is 0.350. The minimum atomic E-state index is -3.87. The van der Waals surface area contributed by atoms with E-state index in [0.29, 0.717) is 16.9 Å². The molecule has 6 nitrogen and oxygen atoms in total. The van der Waals surface area contributed by atoms with Crippen LogP contribution >= 0.6 is 0 Å². The van der Waals surface area contributed by atoms with Gasteiger partial charge in [-0.05, 0) is 49.6 Å². The van der Waals surface area contributed by atoms with Crippen molar-refractivity contribution < 1.29 is 17.9 Å². The lowest BCUT2D eigenvalue weighted by Gasteiger charge is -2.34. The summed E-state index contributed by atoms with van der Waals surface area (Å²) in [5, 5.41) is 2.78. The highest BCUT2D eigenvalue weighted by Crippen LogP contribution is 2.33. The lowest BCUT2D eigenvalue weighted by atomic mass is 10.0. The van der Waals surface area contributed by atoms with Crippen molar-refractivity contribution in [2.45, 2.75) is 31.7 Å². The number of carbonyl (C=O) groups is 1. The highest BCUT2D eigenvalue weighted by Gasteiger charge is 2.40. The molecule has 144 valence electrons. The van der Waals surface area contributed by atoms with Crippen LogP contribution in [0.25, 0.3) is 0 Å². The average molecular weight is 388 g/mol. The summed E-state index contributed by atoms with van der Waals surface area (Å²) in [5.74, 6) is 0.330. The third-order valence-corrected chi connectivity index (χ3v) is 6.81. The third kappa shape index (κ3) is 3.57. The van der Waals surface area contributed by atoms with Gasteiger partial charge in [0.2, 0.25) is 15.9 Å². The number of amides is 1. The molecule has 2 aromatic carbocycles. The zero-order valence-corrected chi connectivity index (χ0v) is 16.8. The lowest BCUT2D eigenvalue weighted by Crippen LogP contribution is -2.52. The number of ether oxygens (including phenoxy) is 1. The molecule has 1 atom stereocenters. The smallest absolute Gasteiger partial charge is 0.244 e. The van der Waals surface area contributed by atoms with Crippen molar-refractivity contribution >= 4 is 15.9 Å². The van der Waals surface area contributed by atoms with Gasteiger partial charge in [0.15, 0.2) is 0 Å². The molecule has 3 rings (SSSR count). The van der Waals surface area contributed by atoms with Crippen LogP contribution in [0.5, 0.6) is 5.75 Å². The van der Waals surface area contributed by atoms with Crippen molar-refractivity contribution in [3.63, 3.8) is 0 Å². The molecule has 1 amide bonds. The Hall–Kier alpha value is -2.38. The SMILES string of the molecule is COc1cc(C)c(S(=O)(=O)N2CCNC(=O)C2c2cccc(C)c2)cc1C. The highest BCUT2D eigenvalue weighted by atomic mass is 32.2. The molecule has 0 radical (unpaired) electrons. The van der Waals surface area contributed by atoms with Gasteiger partial charge in [0.05, 0.1) is 12.0 Å². The van der Waals surface area contributed by atoms with E-state index < -0.39 is 16.1 Å². The molecule has 0 spiro atoms. The van der Waals surface area contributed by atoms with Gasteiger partial charge in [-0.1, -0.05) is 29.8 Å². The second kappa shape index (κ2) is 7.32. The fourth-order valence-electron chi connectivity index (χ4n) is 3.45. The maximum atomic E-state index is 13.5. The molecular formula is C20H24N2O4S. The molecule has 27 heavy (non-hydrogen) atoms. The second-order valence-electron chi connectivity index (χ2n) is 6.81. The van der Waals surface area contributed by atoms with E-state index in [9.17, 15) is 13.2 Å². The van der Waals surface area contributed by atoms with E-state index in [0.717, 1.165) is 11.1 Å². The van der Waals surface area contributed by atoms with Crippen LogP contribution in [0.2, 0.25) is 0 Å². The molecule has 2 aromatic rings. The van der Waals surface area contributed by atoms with Crippen LogP contribution in [0.1, 0.15) is 28.3 Å². The number of benzene rings is 2. The maximum Gasteiger partial charge on any atom is 0.244 e. The van der Waals surface area contributed by atoms with E-state index in [-0.39, 0.29) is 23.9 Å². The molecular weight excluding hydrogens is 364 g/mol. The Morgan fingerprint density at radius 1 is 1.11 bits per heavy atom. The first-order chi connectivity index (χ1) is 12.8. The molecule has 0 aliphatic carbocycles. The monoisotopic (exact) mass is 388 g/mol. The maximum absolute atomic E-state index is 13.5. The molecule has 1 aliphatic rings. The summed E-state index contributed by atoms with van der Waals surface area (Å²) in [5.41, 5.74) is 2.96. The molecule has 0 saturated carbocycles. The molecule has 0 bridgehead atoms. The lowest BCUT2D eigenvalue weighted by molar-refractivity contribution is -0.126. The molecule has 1 aliphatic heterocycles. The van der Waals surface area contributed by atoms with Gasteiger partial charge in [-0.3, -0.25) is 4.79 Å². The molecule has 1 saturated heterocycles. The highest BCUT2D eigenvalue weighted by molar-refractivity contribution is 7.89. The summed E-state index contributed by atoms with van der Waals surface area (Å²) in [4.78, 5) is 12.8. The zero-order valence-electron chi connectivity index (χ0n) is 15.9. The summed E-state index contributed by atoms with van der Waals surface area (Å²) in [6, 6.07) is 9.84. The molecule has 0 aromatic heterocycles. The quantitative estimate of drug-likeness (QED) is 0.873. The molecule has 7 heteroatoms. The number of hydrogen-bond acceptors (Lipinski definition) is 4. The van der Waals surface area contributed by atoms with Gasteiger partial charge >= 0.3 is 0 Å². The van der Waals surface area contributed by atoms with Gasteiger partial charge in [0, 0.05) is 13.1 Å². The van der Waals surface area contributed by atoms with Crippen molar-refractivity contribution in [3.05, 3.63) is 58.7 Å². The predicted molar refractivity (Wildman–Crippen MR) is 103 cm³/mol. The third-order valence-electron chi connectivity index (χ3n) is 4.80. The summed E-state index contributed by atoms with van der Waals surface area (Å²) < 4.78 is 33.5. The van der Waals surface area contributed by atoms with E-state index in [4.69, 9.17) is 4.74 Å². The Morgan fingerprint density at radius 3 is 2.52 bits per heavy atom. The van der Waals surface area contributed by atoms with E-state index >= 15 is 0 Å². The summed E-state index contributed by atoms with van der Waals surface area (Å²) in [6.45, 7) is 5.96. The van der Waals surface area contributed by atoms with Crippen molar-refractivity contribution in [2.24, 2.45) is 0 Å². The van der Waals surface area contributed by atoms with Gasteiger partial charge in [-0.2, -0.15) is 4.31 Å². The van der Waals surface area contributed by atoms with Crippen molar-refractivity contribution in [2.75, 3.05) is 20.2 Å². The van der Waals surface area contributed by atoms with Gasteiger partial charge in [0.25, 0.3) is 0 Å². The Bertz CT molecular complexity index is 985. The van der Waals surface area contributed by atoms with Crippen molar-refractivity contribution in [3.8, 4) is 5.75 Å². The largest absolute Gasteiger partial charge is 0.496 e. The number of sulfonamides is 1. The molecule has 1 N–H and O–H groups in total. The van der Waals surface area contributed by atoms with E-state index in [2.05, 4.69) is 5.32 Å². The van der Waals surface area contributed by atoms with Crippen LogP contribution in [-0.2, 0) is 14.8 Å². The average Bonchev–Trinajstić information content (AvgIpc) is 2.62. The van der Waals surface area contributed by atoms with Crippen LogP contribution in [-0.4, -0.2) is 38.8 Å². The number of methoxy groups -OCH3 is 1. The summed E-state index contributed by atoms with van der Waals surface area (Å²) >= 11 is 0. The zero-order chi connectivity index (χ0) is 19.8. The Balaban J connectivity index is 2.11. The van der Waals surface area contributed by atoms with Crippen LogP contribution in [0.3, 0.4) is 0 Å². The Kier molecular flexibility index (Phi) is 5.26. The van der Waals surface area contributed by atoms with Gasteiger partial charge < -0.3 is 10.1 Å². The van der Waals surface area contributed by atoms with Crippen LogP contribution in [0, 0.1) is 20.8 Å². The van der Waals surface area contributed by atoms with Crippen LogP contribution < -0.4 is 10.1 Å². The first-order valence-electron chi connectivity index (χ1n) is 8.77. The Labute approximate surface area is 160 Å². The number of aryl methyl sites for hydroxylation is 3. The van der Waals surface area contributed by atoms with Gasteiger partial charge in [-0.25, -0.2) is 8.42 Å². The number of carbonyl (C=O) groups excluding carboxylic acids is 1. The second-order valence-corrected chi connectivity index (χ2v) is 8.67. The van der Waals surface area contributed by atoms with E-state index in [1.807, 2.05) is 25.1 Å². The summed E-state index contributed by atoms with van der Waals surface area (Å²) in [7, 11) is -2.31. The molecule has 1 unspecified atom stereocenters. The standard InChI is InChI=1S/C20H24N2O4S/c1-13-6-5-7-16(10-13)19-20(23)21-8-9-22(19)27(24,25)18-12-14(2)17(26-4)11-15(18)3/h5-7,10-12,19H,8-9H2,1-4H3,(H,21,23). The Morgan fingerprint density at radius 2 is 1.85 bits per heavy atom. The minimum Gasteiger partial charge on any atom is -0.496 e. The normalized spacial score (nSPS) is 18.2. The van der Waals surface area contributed by atoms with Gasteiger partial charge in [0.1, 0.15) is 11.8 Å². The summed E-state index contributed by atoms with van der Waals surface area (Å²) in [6.07, 6.45) is 0. The minimum absolute atomic E-state index is 0.202. The molecule has 1 fully saturated rings. The number of rotatable bonds is 4. The van der Waals surface area contributed by atoms with Gasteiger partial charge in [-0.15, -0.1) is 0 Å². The topological polar surface area (TPSA) is 75.7 Å². The van der Waals surface area contributed by atoms with E-state index in [1.54, 1.807) is 39.2 Å². The van der Waals surface area contributed by atoms with Crippen LogP contribution in [0.15, 0.2) is 41.3 Å². The molecule has 1 heterocycles. The van der Waals surface area contributed by atoms with Crippen molar-refractivity contribution in [1.82, 2.24) is 9.62 Å². The first-order valence-corrected chi connectivity index (χ1v) is 10.2. The van der Waals surface area contributed by atoms with Crippen LogP contribution in [0.4, 0.5) is 0 Å².